The van der Waals surface area contributed by atoms with Gasteiger partial charge in [-0.25, -0.2) is 0 Å². The summed E-state index contributed by atoms with van der Waals surface area (Å²) < 4.78 is 5.31. The molecule has 3 heteroatoms. The van der Waals surface area contributed by atoms with Crippen LogP contribution >= 0.6 is 0 Å². The zero-order valence-corrected chi connectivity index (χ0v) is 8.19. The molecule has 0 aliphatic heterocycles. The lowest BCUT2D eigenvalue weighted by Crippen LogP contribution is -2.47. The number of nitrogens with zero attached hydrogens (tertiary/aromatic N) is 1. The molecule has 3 nitrogen and oxygen atoms in total. The van der Waals surface area contributed by atoms with Crippen LogP contribution in [0.3, 0.4) is 0 Å². The minimum Gasteiger partial charge on any atom is -0.370 e. The number of pyridine rings is 1. The van der Waals surface area contributed by atoms with Crippen LogP contribution in [0.15, 0.2) is 24.5 Å². The average Bonchev–Trinajstić information content (AvgIpc) is 2.18. The van der Waals surface area contributed by atoms with Crippen molar-refractivity contribution in [3.05, 3.63) is 30.1 Å². The average molecular weight is 191 g/mol. The van der Waals surface area contributed by atoms with E-state index < -0.39 is 5.60 Å². The maximum Gasteiger partial charge on any atom is 0.196 e. The summed E-state index contributed by atoms with van der Waals surface area (Å²) in [5.74, 6) is 0.0688. The fraction of sp³-hybridized carbons (Fsp3) is 0.455. The highest BCUT2D eigenvalue weighted by Crippen LogP contribution is 2.37. The minimum atomic E-state index is -0.553. The summed E-state index contributed by atoms with van der Waals surface area (Å²) in [5.41, 5.74) is 0.0947. The third-order valence-corrected chi connectivity index (χ3v) is 2.89. The van der Waals surface area contributed by atoms with Gasteiger partial charge in [0.1, 0.15) is 5.60 Å². The summed E-state index contributed by atoms with van der Waals surface area (Å²) >= 11 is 0. The van der Waals surface area contributed by atoms with E-state index in [9.17, 15) is 4.79 Å². The Morgan fingerprint density at radius 2 is 2.36 bits per heavy atom. The van der Waals surface area contributed by atoms with Gasteiger partial charge in [0, 0.05) is 25.1 Å². The zero-order valence-electron chi connectivity index (χ0n) is 8.19. The molecule has 0 unspecified atom stereocenters. The van der Waals surface area contributed by atoms with E-state index in [1.807, 2.05) is 0 Å². The molecular weight excluding hydrogens is 178 g/mol. The fourth-order valence-corrected chi connectivity index (χ4v) is 1.78. The van der Waals surface area contributed by atoms with Crippen molar-refractivity contribution < 1.29 is 9.53 Å². The smallest absolute Gasteiger partial charge is 0.196 e. The van der Waals surface area contributed by atoms with Gasteiger partial charge in [0.2, 0.25) is 0 Å². The third-order valence-electron chi connectivity index (χ3n) is 2.89. The van der Waals surface area contributed by atoms with Crippen molar-refractivity contribution in [1.82, 2.24) is 4.98 Å². The zero-order chi connectivity index (χ0) is 10.0. The molecule has 1 aliphatic carbocycles. The lowest BCUT2D eigenvalue weighted by molar-refractivity contribution is -0.0448. The molecule has 1 heterocycles. The van der Waals surface area contributed by atoms with E-state index in [0.717, 1.165) is 19.3 Å². The van der Waals surface area contributed by atoms with Gasteiger partial charge in [0.15, 0.2) is 5.78 Å². The molecule has 0 saturated heterocycles. The van der Waals surface area contributed by atoms with Crippen LogP contribution in [-0.2, 0) is 4.74 Å². The van der Waals surface area contributed by atoms with Gasteiger partial charge >= 0.3 is 0 Å². The number of carbonyl (C=O) groups excluding carboxylic acids is 1. The van der Waals surface area contributed by atoms with Crippen LogP contribution in [-0.4, -0.2) is 23.5 Å². The quantitative estimate of drug-likeness (QED) is 0.684. The molecule has 1 fully saturated rings. The molecule has 14 heavy (non-hydrogen) atoms. The highest BCUT2D eigenvalue weighted by atomic mass is 16.5. The Morgan fingerprint density at radius 1 is 1.57 bits per heavy atom. The standard InChI is InChI=1S/C11H13NO2/c1-14-11(5-3-6-11)10(13)9-4-2-7-12-8-9/h2,4,7-8H,3,5-6H2,1H3. The van der Waals surface area contributed by atoms with Crippen LogP contribution in [0.2, 0.25) is 0 Å². The summed E-state index contributed by atoms with van der Waals surface area (Å²) in [7, 11) is 1.60. The van der Waals surface area contributed by atoms with Crippen LogP contribution in [0, 0.1) is 0 Å². The molecule has 0 aromatic carbocycles. The van der Waals surface area contributed by atoms with E-state index in [1.54, 1.807) is 31.6 Å². The Morgan fingerprint density at radius 3 is 2.79 bits per heavy atom. The van der Waals surface area contributed by atoms with Gasteiger partial charge in [0.05, 0.1) is 0 Å². The first-order valence-electron chi connectivity index (χ1n) is 4.78. The summed E-state index contributed by atoms with van der Waals surface area (Å²) in [6.07, 6.45) is 5.99. The second-order valence-corrected chi connectivity index (χ2v) is 3.62. The SMILES string of the molecule is COC1(C(=O)c2cccnc2)CCC1. The third kappa shape index (κ3) is 1.34. The lowest BCUT2D eigenvalue weighted by atomic mass is 9.75. The molecule has 2 rings (SSSR count). The molecular formula is C11H13NO2. The van der Waals surface area contributed by atoms with Crippen molar-refractivity contribution in [2.75, 3.05) is 7.11 Å². The number of carbonyl (C=O) groups is 1. The van der Waals surface area contributed by atoms with Gasteiger partial charge < -0.3 is 4.74 Å². The largest absolute Gasteiger partial charge is 0.370 e. The molecule has 0 spiro atoms. The Labute approximate surface area is 83.1 Å². The first-order chi connectivity index (χ1) is 6.78. The number of aromatic nitrogens is 1. The van der Waals surface area contributed by atoms with Crippen molar-refractivity contribution in [2.24, 2.45) is 0 Å². The Bertz CT molecular complexity index is 325. The second-order valence-electron chi connectivity index (χ2n) is 3.62. The normalized spacial score (nSPS) is 18.6. The van der Waals surface area contributed by atoms with Gasteiger partial charge in [-0.15, -0.1) is 0 Å². The van der Waals surface area contributed by atoms with E-state index in [-0.39, 0.29) is 5.78 Å². The van der Waals surface area contributed by atoms with Crippen molar-refractivity contribution in [2.45, 2.75) is 24.9 Å². The number of hydrogen-bond acceptors (Lipinski definition) is 3. The summed E-state index contributed by atoms with van der Waals surface area (Å²) in [6, 6.07) is 3.56. The van der Waals surface area contributed by atoms with E-state index in [4.69, 9.17) is 4.74 Å². The molecule has 0 amide bonds. The van der Waals surface area contributed by atoms with Gasteiger partial charge in [-0.3, -0.25) is 9.78 Å². The highest BCUT2D eigenvalue weighted by molar-refractivity contribution is 6.02. The monoisotopic (exact) mass is 191 g/mol. The van der Waals surface area contributed by atoms with Gasteiger partial charge in [-0.05, 0) is 31.4 Å². The first-order valence-corrected chi connectivity index (χ1v) is 4.78. The van der Waals surface area contributed by atoms with Crippen molar-refractivity contribution in [3.63, 3.8) is 0 Å². The van der Waals surface area contributed by atoms with Crippen LogP contribution in [0.25, 0.3) is 0 Å². The van der Waals surface area contributed by atoms with Crippen molar-refractivity contribution in [1.29, 1.82) is 0 Å². The molecule has 1 aromatic heterocycles. The van der Waals surface area contributed by atoms with Crippen LogP contribution in [0.1, 0.15) is 29.6 Å². The van der Waals surface area contributed by atoms with E-state index in [0.29, 0.717) is 5.56 Å². The van der Waals surface area contributed by atoms with Crippen molar-refractivity contribution in [3.8, 4) is 0 Å². The molecule has 0 bridgehead atoms. The number of ether oxygens (including phenoxy) is 1. The highest BCUT2D eigenvalue weighted by Gasteiger charge is 2.44. The van der Waals surface area contributed by atoms with Crippen LogP contribution in [0.4, 0.5) is 0 Å². The van der Waals surface area contributed by atoms with E-state index >= 15 is 0 Å². The molecule has 0 N–H and O–H groups in total. The molecule has 1 aromatic rings. The summed E-state index contributed by atoms with van der Waals surface area (Å²) in [5, 5.41) is 0. The first kappa shape index (κ1) is 9.34. The van der Waals surface area contributed by atoms with Gasteiger partial charge in [-0.2, -0.15) is 0 Å². The maximum absolute atomic E-state index is 12.0. The summed E-state index contributed by atoms with van der Waals surface area (Å²) in [4.78, 5) is 16.0. The molecule has 0 atom stereocenters. The topological polar surface area (TPSA) is 39.2 Å². The van der Waals surface area contributed by atoms with Crippen LogP contribution < -0.4 is 0 Å². The number of methoxy groups -OCH3 is 1. The maximum atomic E-state index is 12.0. The predicted molar refractivity (Wildman–Crippen MR) is 52.2 cm³/mol. The molecule has 74 valence electrons. The summed E-state index contributed by atoms with van der Waals surface area (Å²) in [6.45, 7) is 0. The predicted octanol–water partition coefficient (Wildman–Crippen LogP) is 1.83. The Balaban J connectivity index is 2.23. The van der Waals surface area contributed by atoms with Gasteiger partial charge in [0.25, 0.3) is 0 Å². The number of Topliss-reactive ketones (excluding diaryl/α,β-unsaturated/α-hetero) is 1. The fourth-order valence-electron chi connectivity index (χ4n) is 1.78. The molecule has 1 saturated carbocycles. The van der Waals surface area contributed by atoms with Crippen molar-refractivity contribution >= 4 is 5.78 Å². The van der Waals surface area contributed by atoms with Crippen LogP contribution in [0.5, 0.6) is 0 Å². The lowest BCUT2D eigenvalue weighted by Gasteiger charge is -2.38. The number of hydrogen-bond donors (Lipinski definition) is 0. The second kappa shape index (κ2) is 3.50. The Kier molecular flexibility index (Phi) is 2.33. The number of rotatable bonds is 3. The molecule has 0 radical (unpaired) electrons. The van der Waals surface area contributed by atoms with E-state index in [2.05, 4.69) is 4.98 Å². The number of ketones is 1. The Hall–Kier alpha value is -1.22. The molecule has 1 aliphatic rings. The van der Waals surface area contributed by atoms with Gasteiger partial charge in [-0.1, -0.05) is 0 Å². The minimum absolute atomic E-state index is 0.0688. The van der Waals surface area contributed by atoms with E-state index in [1.165, 1.54) is 0 Å².